The smallest absolute Gasteiger partial charge is 0.130 e. The molecule has 0 aromatic carbocycles. The summed E-state index contributed by atoms with van der Waals surface area (Å²) < 4.78 is 0. The van der Waals surface area contributed by atoms with E-state index in [1.807, 2.05) is 6.92 Å². The molecule has 1 atom stereocenters. The fourth-order valence-corrected chi connectivity index (χ4v) is 1.72. The number of aromatic nitrogens is 2. The van der Waals surface area contributed by atoms with Crippen molar-refractivity contribution >= 4 is 5.82 Å². The van der Waals surface area contributed by atoms with Gasteiger partial charge in [-0.25, -0.2) is 9.97 Å². The van der Waals surface area contributed by atoms with Crippen LogP contribution in [-0.4, -0.2) is 16.0 Å². The number of hydrogen-bond donors (Lipinski definition) is 1. The molecule has 0 amide bonds. The fraction of sp³-hybridized carbons (Fsp3) is 0.692. The molecule has 0 spiro atoms. The summed E-state index contributed by atoms with van der Waals surface area (Å²) in [5, 5.41) is 3.44. The van der Waals surface area contributed by atoms with E-state index < -0.39 is 0 Å². The van der Waals surface area contributed by atoms with Gasteiger partial charge in [-0.3, -0.25) is 0 Å². The molecule has 0 fully saturated rings. The quantitative estimate of drug-likeness (QED) is 0.800. The molecule has 16 heavy (non-hydrogen) atoms. The highest BCUT2D eigenvalue weighted by Gasteiger charge is 2.04. The van der Waals surface area contributed by atoms with Crippen molar-refractivity contribution in [3.8, 4) is 0 Å². The lowest BCUT2D eigenvalue weighted by molar-refractivity contribution is 0.642. The fourth-order valence-electron chi connectivity index (χ4n) is 1.72. The van der Waals surface area contributed by atoms with Gasteiger partial charge in [0.15, 0.2) is 0 Å². The molecule has 0 radical (unpaired) electrons. The Morgan fingerprint density at radius 2 is 2.06 bits per heavy atom. The predicted molar refractivity (Wildman–Crippen MR) is 68.8 cm³/mol. The zero-order valence-electron chi connectivity index (χ0n) is 10.9. The van der Waals surface area contributed by atoms with Gasteiger partial charge in [0, 0.05) is 17.8 Å². The van der Waals surface area contributed by atoms with E-state index in [4.69, 9.17) is 0 Å². The van der Waals surface area contributed by atoms with E-state index >= 15 is 0 Å². The Hall–Kier alpha value is -1.12. The van der Waals surface area contributed by atoms with Crippen molar-refractivity contribution in [2.45, 2.75) is 59.4 Å². The predicted octanol–water partition coefficient (Wildman–Crippen LogP) is 3.34. The van der Waals surface area contributed by atoms with Crippen molar-refractivity contribution in [2.75, 3.05) is 5.32 Å². The zero-order valence-corrected chi connectivity index (χ0v) is 10.9. The molecule has 3 heteroatoms. The van der Waals surface area contributed by atoms with Gasteiger partial charge in [0.05, 0.1) is 0 Å². The zero-order chi connectivity index (χ0) is 12.0. The van der Waals surface area contributed by atoms with Crippen LogP contribution in [-0.2, 0) is 6.42 Å². The minimum Gasteiger partial charge on any atom is -0.368 e. The van der Waals surface area contributed by atoms with Crippen LogP contribution in [0.1, 0.15) is 51.6 Å². The molecule has 0 bridgehead atoms. The second-order valence-corrected chi connectivity index (χ2v) is 4.33. The maximum Gasteiger partial charge on any atom is 0.130 e. The molecule has 0 aliphatic carbocycles. The molecule has 1 heterocycles. The molecule has 3 nitrogen and oxygen atoms in total. The second-order valence-electron chi connectivity index (χ2n) is 4.33. The maximum absolute atomic E-state index is 4.41. The van der Waals surface area contributed by atoms with Crippen LogP contribution in [0.5, 0.6) is 0 Å². The van der Waals surface area contributed by atoms with Gasteiger partial charge in [0.1, 0.15) is 11.6 Å². The van der Waals surface area contributed by atoms with Crippen molar-refractivity contribution < 1.29 is 0 Å². The highest BCUT2D eigenvalue weighted by Crippen LogP contribution is 2.11. The highest BCUT2D eigenvalue weighted by molar-refractivity contribution is 5.36. The number of nitrogens with zero attached hydrogens (tertiary/aromatic N) is 2. The van der Waals surface area contributed by atoms with Crippen LogP contribution >= 0.6 is 0 Å². The topological polar surface area (TPSA) is 37.8 Å². The van der Waals surface area contributed by atoms with E-state index in [9.17, 15) is 0 Å². The third-order valence-corrected chi connectivity index (χ3v) is 2.64. The van der Waals surface area contributed by atoms with Crippen LogP contribution in [0.4, 0.5) is 5.82 Å². The summed E-state index contributed by atoms with van der Waals surface area (Å²) in [6.07, 6.45) is 4.66. The first kappa shape index (κ1) is 12.9. The minimum absolute atomic E-state index is 0.485. The van der Waals surface area contributed by atoms with Gasteiger partial charge in [-0.2, -0.15) is 0 Å². The summed E-state index contributed by atoms with van der Waals surface area (Å²) in [4.78, 5) is 8.78. The summed E-state index contributed by atoms with van der Waals surface area (Å²) in [7, 11) is 0. The molecule has 1 aromatic rings. The van der Waals surface area contributed by atoms with Crippen molar-refractivity contribution in [1.82, 2.24) is 9.97 Å². The van der Waals surface area contributed by atoms with Gasteiger partial charge in [0.25, 0.3) is 0 Å². The highest BCUT2D eigenvalue weighted by atomic mass is 15.0. The first-order valence-corrected chi connectivity index (χ1v) is 6.26. The van der Waals surface area contributed by atoms with E-state index in [1.54, 1.807) is 0 Å². The van der Waals surface area contributed by atoms with Gasteiger partial charge in [-0.15, -0.1) is 0 Å². The van der Waals surface area contributed by atoms with Gasteiger partial charge < -0.3 is 5.32 Å². The molecule has 1 rings (SSSR count). The summed E-state index contributed by atoms with van der Waals surface area (Å²) in [5.74, 6) is 1.82. The third kappa shape index (κ3) is 4.17. The summed E-state index contributed by atoms with van der Waals surface area (Å²) in [6.45, 7) is 8.49. The normalized spacial score (nSPS) is 12.5. The number of nitrogens with one attached hydrogen (secondary N) is 1. The Morgan fingerprint density at radius 1 is 1.31 bits per heavy atom. The van der Waals surface area contributed by atoms with E-state index in [1.165, 1.54) is 19.3 Å². The third-order valence-electron chi connectivity index (χ3n) is 2.64. The van der Waals surface area contributed by atoms with Crippen molar-refractivity contribution in [1.29, 1.82) is 0 Å². The molecule has 90 valence electrons. The standard InChI is InChI=1S/C13H23N3/c1-5-7-8-10(3)14-13-9-12(6-2)15-11(4)16-13/h9-10H,5-8H2,1-4H3,(H,14,15,16). The number of aryl methyl sites for hydroxylation is 2. The molecule has 1 N–H and O–H groups in total. The summed E-state index contributed by atoms with van der Waals surface area (Å²) in [5.41, 5.74) is 1.11. The Labute approximate surface area is 98.7 Å². The molecule has 0 saturated carbocycles. The van der Waals surface area contributed by atoms with Crippen LogP contribution in [0.3, 0.4) is 0 Å². The van der Waals surface area contributed by atoms with Gasteiger partial charge >= 0.3 is 0 Å². The SMILES string of the molecule is CCCCC(C)Nc1cc(CC)nc(C)n1. The monoisotopic (exact) mass is 221 g/mol. The average Bonchev–Trinajstić information content (AvgIpc) is 2.25. The lowest BCUT2D eigenvalue weighted by atomic mass is 10.1. The van der Waals surface area contributed by atoms with Crippen LogP contribution in [0, 0.1) is 6.92 Å². The molecule has 1 unspecified atom stereocenters. The van der Waals surface area contributed by atoms with Crippen LogP contribution in [0.15, 0.2) is 6.07 Å². The van der Waals surface area contributed by atoms with E-state index in [0.29, 0.717) is 6.04 Å². The van der Waals surface area contributed by atoms with E-state index in [0.717, 1.165) is 23.8 Å². The second kappa shape index (κ2) is 6.46. The maximum atomic E-state index is 4.41. The van der Waals surface area contributed by atoms with Crippen molar-refractivity contribution in [3.63, 3.8) is 0 Å². The Kier molecular flexibility index (Phi) is 5.23. The van der Waals surface area contributed by atoms with Crippen LogP contribution in [0.25, 0.3) is 0 Å². The number of anilines is 1. The first-order chi connectivity index (χ1) is 7.65. The molecular formula is C13H23N3. The Bertz CT molecular complexity index is 323. The Morgan fingerprint density at radius 3 is 2.69 bits per heavy atom. The lowest BCUT2D eigenvalue weighted by Gasteiger charge is -2.14. The molecule has 0 aliphatic rings. The van der Waals surface area contributed by atoms with Crippen molar-refractivity contribution in [2.24, 2.45) is 0 Å². The van der Waals surface area contributed by atoms with E-state index in [-0.39, 0.29) is 0 Å². The van der Waals surface area contributed by atoms with Gasteiger partial charge in [-0.1, -0.05) is 26.7 Å². The Balaban J connectivity index is 2.61. The lowest BCUT2D eigenvalue weighted by Crippen LogP contribution is -2.16. The average molecular weight is 221 g/mol. The molecule has 1 aromatic heterocycles. The minimum atomic E-state index is 0.485. The first-order valence-electron chi connectivity index (χ1n) is 6.26. The molecule has 0 aliphatic heterocycles. The van der Waals surface area contributed by atoms with Crippen LogP contribution in [0.2, 0.25) is 0 Å². The number of unbranched alkanes of at least 4 members (excludes halogenated alkanes) is 1. The largest absolute Gasteiger partial charge is 0.368 e. The van der Waals surface area contributed by atoms with Gasteiger partial charge in [0.2, 0.25) is 0 Å². The summed E-state index contributed by atoms with van der Waals surface area (Å²) in [6, 6.07) is 2.54. The summed E-state index contributed by atoms with van der Waals surface area (Å²) >= 11 is 0. The van der Waals surface area contributed by atoms with E-state index in [2.05, 4.69) is 42.1 Å². The number of hydrogen-bond acceptors (Lipinski definition) is 3. The van der Waals surface area contributed by atoms with Crippen molar-refractivity contribution in [3.05, 3.63) is 17.6 Å². The molecular weight excluding hydrogens is 198 g/mol. The molecule has 0 saturated heterocycles. The van der Waals surface area contributed by atoms with Crippen LogP contribution < -0.4 is 5.32 Å². The van der Waals surface area contributed by atoms with Gasteiger partial charge in [-0.05, 0) is 26.7 Å². The number of rotatable bonds is 6.